The van der Waals surface area contributed by atoms with Crippen LogP contribution in [0.15, 0.2) is 12.3 Å². The van der Waals surface area contributed by atoms with Crippen LogP contribution in [0.1, 0.15) is 0 Å². The number of hydrogen-bond acceptors (Lipinski definition) is 3. The highest BCUT2D eigenvalue weighted by Crippen LogP contribution is 2.08. The van der Waals surface area contributed by atoms with E-state index in [1.165, 1.54) is 0 Å². The maximum atomic E-state index is 10.3. The number of carbonyl (C=O) groups is 2. The van der Waals surface area contributed by atoms with Crippen LogP contribution in [0.3, 0.4) is 0 Å². The third kappa shape index (κ3) is 1.15. The number of amides is 1. The van der Waals surface area contributed by atoms with Crippen molar-refractivity contribution in [2.24, 2.45) is 5.73 Å². The van der Waals surface area contributed by atoms with E-state index in [1.54, 1.807) is 17.2 Å². The summed E-state index contributed by atoms with van der Waals surface area (Å²) in [7, 11) is 0. The first-order valence-corrected chi connectivity index (χ1v) is 2.91. The maximum absolute atomic E-state index is 10.3. The minimum absolute atomic E-state index is 0.125. The first-order chi connectivity index (χ1) is 4.74. The quantitative estimate of drug-likeness (QED) is 0.504. The Morgan fingerprint density at radius 3 is 2.80 bits per heavy atom. The van der Waals surface area contributed by atoms with Gasteiger partial charge in [-0.05, 0) is 12.3 Å². The third-order valence-corrected chi connectivity index (χ3v) is 1.34. The minimum atomic E-state index is -0.420. The molecule has 2 N–H and O–H groups in total. The molecule has 0 saturated carbocycles. The zero-order chi connectivity index (χ0) is 7.56. The summed E-state index contributed by atoms with van der Waals surface area (Å²) in [5.74, 6) is -0.420. The van der Waals surface area contributed by atoms with E-state index >= 15 is 0 Å². The molecule has 0 aromatic carbocycles. The molecule has 0 fully saturated rings. The van der Waals surface area contributed by atoms with Gasteiger partial charge < -0.3 is 15.4 Å². The van der Waals surface area contributed by atoms with Crippen molar-refractivity contribution in [3.8, 4) is 0 Å². The molecule has 1 aliphatic heterocycles. The van der Waals surface area contributed by atoms with Crippen LogP contribution in [-0.4, -0.2) is 29.7 Å². The highest BCUT2D eigenvalue weighted by Gasteiger charge is 2.19. The van der Waals surface area contributed by atoms with Gasteiger partial charge in [0.2, 0.25) is 5.91 Å². The molecule has 54 valence electrons. The molecule has 1 unspecified atom stereocenters. The lowest BCUT2D eigenvalue weighted by molar-refractivity contribution is -0.119. The van der Waals surface area contributed by atoms with Crippen molar-refractivity contribution in [3.63, 3.8) is 0 Å². The van der Waals surface area contributed by atoms with Crippen molar-refractivity contribution < 1.29 is 9.59 Å². The van der Waals surface area contributed by atoms with Gasteiger partial charge in [0, 0.05) is 0 Å². The van der Waals surface area contributed by atoms with E-state index in [0.717, 1.165) is 6.29 Å². The van der Waals surface area contributed by atoms with Gasteiger partial charge in [-0.15, -0.1) is 0 Å². The predicted octanol–water partition coefficient (Wildman–Crippen LogP) is -1.13. The Hall–Kier alpha value is -1.32. The average molecular weight is 140 g/mol. The second-order valence-corrected chi connectivity index (χ2v) is 2.11. The van der Waals surface area contributed by atoms with Gasteiger partial charge in [0.15, 0.2) is 0 Å². The fraction of sp³-hybridized carbons (Fsp3) is 0.333. The van der Waals surface area contributed by atoms with E-state index in [-0.39, 0.29) is 12.6 Å². The highest BCUT2D eigenvalue weighted by molar-refractivity contribution is 5.77. The molecule has 4 nitrogen and oxygen atoms in total. The van der Waals surface area contributed by atoms with Crippen molar-refractivity contribution in [3.05, 3.63) is 12.3 Å². The molecule has 1 aliphatic rings. The zero-order valence-electron chi connectivity index (χ0n) is 5.36. The van der Waals surface area contributed by atoms with Gasteiger partial charge in [-0.1, -0.05) is 0 Å². The molecule has 4 heteroatoms. The fourth-order valence-corrected chi connectivity index (χ4v) is 0.769. The summed E-state index contributed by atoms with van der Waals surface area (Å²) in [6, 6.07) is -0.243. The standard InChI is InChI=1S/C6H8N2O2/c7-6(10)3-8-2-1-5(8)4-9/h1-2,4-5H,3H2,(H2,7,10). The van der Waals surface area contributed by atoms with Crippen molar-refractivity contribution in [2.75, 3.05) is 6.54 Å². The fourth-order valence-electron chi connectivity index (χ4n) is 0.769. The molecule has 10 heavy (non-hydrogen) atoms. The van der Waals surface area contributed by atoms with Gasteiger partial charge in [0.25, 0.3) is 0 Å². The molecule has 1 heterocycles. The zero-order valence-corrected chi connectivity index (χ0v) is 5.36. The van der Waals surface area contributed by atoms with Crippen LogP contribution >= 0.6 is 0 Å². The summed E-state index contributed by atoms with van der Waals surface area (Å²) in [5.41, 5.74) is 4.89. The number of carbonyl (C=O) groups excluding carboxylic acids is 2. The van der Waals surface area contributed by atoms with Gasteiger partial charge in [0.05, 0.1) is 6.54 Å². The van der Waals surface area contributed by atoms with Gasteiger partial charge >= 0.3 is 0 Å². The second-order valence-electron chi connectivity index (χ2n) is 2.11. The molecule has 1 amide bonds. The van der Waals surface area contributed by atoms with Gasteiger partial charge in [-0.25, -0.2) is 0 Å². The van der Waals surface area contributed by atoms with E-state index in [9.17, 15) is 9.59 Å². The summed E-state index contributed by atoms with van der Waals surface area (Å²) < 4.78 is 0. The number of primary amides is 1. The Labute approximate surface area is 58.3 Å². The molecule has 0 bridgehead atoms. The maximum Gasteiger partial charge on any atom is 0.236 e. The lowest BCUT2D eigenvalue weighted by Gasteiger charge is -2.29. The van der Waals surface area contributed by atoms with Crippen molar-refractivity contribution in [1.82, 2.24) is 4.90 Å². The summed E-state index contributed by atoms with van der Waals surface area (Å²) in [4.78, 5) is 22.0. The largest absolute Gasteiger partial charge is 0.368 e. The van der Waals surface area contributed by atoms with Crippen LogP contribution in [-0.2, 0) is 9.59 Å². The lowest BCUT2D eigenvalue weighted by Crippen LogP contribution is -2.42. The molecule has 0 radical (unpaired) electrons. The number of nitrogens with two attached hydrogens (primary N) is 1. The van der Waals surface area contributed by atoms with Gasteiger partial charge in [-0.3, -0.25) is 4.79 Å². The van der Waals surface area contributed by atoms with Gasteiger partial charge in [0.1, 0.15) is 12.3 Å². The molecular weight excluding hydrogens is 132 g/mol. The van der Waals surface area contributed by atoms with Crippen LogP contribution in [0, 0.1) is 0 Å². The summed E-state index contributed by atoms with van der Waals surface area (Å²) in [6.45, 7) is 0.125. The number of hydrogen-bond donors (Lipinski definition) is 1. The number of aldehydes is 1. The van der Waals surface area contributed by atoms with Crippen LogP contribution in [0.2, 0.25) is 0 Å². The van der Waals surface area contributed by atoms with E-state index in [1.807, 2.05) is 0 Å². The van der Waals surface area contributed by atoms with E-state index in [0.29, 0.717) is 0 Å². The summed E-state index contributed by atoms with van der Waals surface area (Å²) >= 11 is 0. The Morgan fingerprint density at radius 1 is 1.80 bits per heavy atom. The number of rotatable bonds is 3. The Kier molecular flexibility index (Phi) is 1.71. The predicted molar refractivity (Wildman–Crippen MR) is 34.9 cm³/mol. The van der Waals surface area contributed by atoms with Crippen molar-refractivity contribution >= 4 is 12.2 Å². The molecule has 1 rings (SSSR count). The average Bonchev–Trinajstić information content (AvgIpc) is 1.82. The van der Waals surface area contributed by atoms with Gasteiger partial charge in [-0.2, -0.15) is 0 Å². The van der Waals surface area contributed by atoms with E-state index < -0.39 is 5.91 Å². The molecule has 0 aromatic heterocycles. The summed E-state index contributed by atoms with van der Waals surface area (Å²) in [5, 5.41) is 0. The van der Waals surface area contributed by atoms with Crippen LogP contribution in [0.5, 0.6) is 0 Å². The molecular formula is C6H8N2O2. The number of nitrogens with zero attached hydrogens (tertiary/aromatic N) is 1. The van der Waals surface area contributed by atoms with Crippen LogP contribution in [0.4, 0.5) is 0 Å². The minimum Gasteiger partial charge on any atom is -0.368 e. The molecule has 1 atom stereocenters. The van der Waals surface area contributed by atoms with Crippen LogP contribution < -0.4 is 5.73 Å². The molecule has 0 aliphatic carbocycles. The monoisotopic (exact) mass is 140 g/mol. The Bertz CT molecular complexity index is 188. The lowest BCUT2D eigenvalue weighted by atomic mass is 10.2. The third-order valence-electron chi connectivity index (χ3n) is 1.34. The first-order valence-electron chi connectivity index (χ1n) is 2.91. The van der Waals surface area contributed by atoms with Crippen LogP contribution in [0.25, 0.3) is 0 Å². The smallest absolute Gasteiger partial charge is 0.236 e. The summed E-state index contributed by atoms with van der Waals surface area (Å²) in [6.07, 6.45) is 4.14. The topological polar surface area (TPSA) is 63.4 Å². The highest BCUT2D eigenvalue weighted by atomic mass is 16.1. The normalized spacial score (nSPS) is 22.0. The van der Waals surface area contributed by atoms with E-state index in [4.69, 9.17) is 5.73 Å². The SMILES string of the molecule is NC(=O)CN1C=CC1C=O. The molecule has 0 spiro atoms. The molecule has 0 saturated heterocycles. The Balaban J connectivity index is 2.39. The van der Waals surface area contributed by atoms with Crippen molar-refractivity contribution in [2.45, 2.75) is 6.04 Å². The van der Waals surface area contributed by atoms with Crippen molar-refractivity contribution in [1.29, 1.82) is 0 Å². The Morgan fingerprint density at radius 2 is 2.50 bits per heavy atom. The molecule has 0 aromatic rings. The van der Waals surface area contributed by atoms with E-state index in [2.05, 4.69) is 0 Å². The second kappa shape index (κ2) is 2.51. The first kappa shape index (κ1) is 6.80.